The van der Waals surface area contributed by atoms with Crippen molar-refractivity contribution in [2.45, 2.75) is 44.2 Å². The van der Waals surface area contributed by atoms with Crippen LogP contribution in [0.4, 0.5) is 4.39 Å². The van der Waals surface area contributed by atoms with Crippen molar-refractivity contribution in [3.8, 4) is 5.75 Å². The smallest absolute Gasteiger partial charge is 0.257 e. The lowest BCUT2D eigenvalue weighted by Gasteiger charge is -2.31. The fraction of sp³-hybridized carbons (Fsp3) is 0.562. The summed E-state index contributed by atoms with van der Waals surface area (Å²) in [7, 11) is 0. The molecular formula is C16H21FN2O2. The molecule has 1 saturated heterocycles. The molecule has 1 amide bonds. The lowest BCUT2D eigenvalue weighted by Crippen LogP contribution is -2.46. The number of phenols is 1. The van der Waals surface area contributed by atoms with Crippen molar-refractivity contribution in [3.05, 3.63) is 29.6 Å². The highest BCUT2D eigenvalue weighted by molar-refractivity contribution is 5.97. The molecule has 4 nitrogen and oxygen atoms in total. The molecular weight excluding hydrogens is 271 g/mol. The summed E-state index contributed by atoms with van der Waals surface area (Å²) in [4.78, 5) is 14.5. The molecule has 1 atom stereocenters. The number of carbonyl (C=O) groups is 1. The van der Waals surface area contributed by atoms with Crippen LogP contribution in [0, 0.1) is 5.82 Å². The van der Waals surface area contributed by atoms with E-state index in [0.29, 0.717) is 12.6 Å². The highest BCUT2D eigenvalue weighted by Gasteiger charge is 2.35. The van der Waals surface area contributed by atoms with Gasteiger partial charge in [-0.1, -0.05) is 6.42 Å². The van der Waals surface area contributed by atoms with Gasteiger partial charge in [0, 0.05) is 24.7 Å². The Labute approximate surface area is 124 Å². The number of amides is 1. The summed E-state index contributed by atoms with van der Waals surface area (Å²) in [6, 6.07) is 4.18. The standard InChI is InChI=1S/C16H21FN2O2/c17-11-4-7-14(15(20)9-11)16(21)19(13-5-6-13)10-12-3-1-2-8-18-12/h4,7,9,12-13,18,20H,1-3,5-6,8,10H2. The summed E-state index contributed by atoms with van der Waals surface area (Å²) in [6.07, 6.45) is 5.48. The first-order valence-electron chi connectivity index (χ1n) is 7.68. The molecule has 2 aliphatic rings. The van der Waals surface area contributed by atoms with Crippen LogP contribution in [-0.4, -0.2) is 41.1 Å². The summed E-state index contributed by atoms with van der Waals surface area (Å²) in [6.45, 7) is 1.67. The number of carbonyl (C=O) groups excluding carboxylic acids is 1. The van der Waals surface area contributed by atoms with Crippen molar-refractivity contribution in [3.63, 3.8) is 0 Å². The fourth-order valence-corrected chi connectivity index (χ4v) is 2.94. The van der Waals surface area contributed by atoms with Crippen molar-refractivity contribution in [1.82, 2.24) is 10.2 Å². The Morgan fingerprint density at radius 1 is 1.33 bits per heavy atom. The Morgan fingerprint density at radius 2 is 2.14 bits per heavy atom. The third-order valence-electron chi connectivity index (χ3n) is 4.27. The van der Waals surface area contributed by atoms with Crippen LogP contribution in [0.1, 0.15) is 42.5 Å². The van der Waals surface area contributed by atoms with E-state index < -0.39 is 5.82 Å². The zero-order valence-electron chi connectivity index (χ0n) is 12.0. The number of hydrogen-bond donors (Lipinski definition) is 2. The summed E-state index contributed by atoms with van der Waals surface area (Å²) in [5.74, 6) is -0.999. The van der Waals surface area contributed by atoms with Crippen LogP contribution in [0.15, 0.2) is 18.2 Å². The molecule has 1 unspecified atom stereocenters. The number of phenolic OH excluding ortho intramolecular Hbond substituents is 1. The van der Waals surface area contributed by atoms with Gasteiger partial charge < -0.3 is 15.3 Å². The zero-order chi connectivity index (χ0) is 14.8. The van der Waals surface area contributed by atoms with E-state index in [0.717, 1.165) is 31.9 Å². The number of benzene rings is 1. The topological polar surface area (TPSA) is 52.6 Å². The van der Waals surface area contributed by atoms with E-state index in [1.54, 1.807) is 0 Å². The average Bonchev–Trinajstić information content (AvgIpc) is 3.30. The third-order valence-corrected chi connectivity index (χ3v) is 4.27. The fourth-order valence-electron chi connectivity index (χ4n) is 2.94. The number of nitrogens with one attached hydrogen (secondary N) is 1. The molecule has 114 valence electrons. The first-order valence-corrected chi connectivity index (χ1v) is 7.68. The van der Waals surface area contributed by atoms with Gasteiger partial charge in [0.1, 0.15) is 11.6 Å². The largest absolute Gasteiger partial charge is 0.507 e. The third kappa shape index (κ3) is 3.35. The van der Waals surface area contributed by atoms with Gasteiger partial charge >= 0.3 is 0 Å². The van der Waals surface area contributed by atoms with Crippen LogP contribution in [0.25, 0.3) is 0 Å². The van der Waals surface area contributed by atoms with Crippen molar-refractivity contribution < 1.29 is 14.3 Å². The molecule has 1 aromatic carbocycles. The van der Waals surface area contributed by atoms with Gasteiger partial charge in [0.05, 0.1) is 5.56 Å². The van der Waals surface area contributed by atoms with Crippen molar-refractivity contribution in [1.29, 1.82) is 0 Å². The van der Waals surface area contributed by atoms with Crippen molar-refractivity contribution >= 4 is 5.91 Å². The van der Waals surface area contributed by atoms with E-state index in [2.05, 4.69) is 5.32 Å². The highest BCUT2D eigenvalue weighted by atomic mass is 19.1. The molecule has 1 aliphatic carbocycles. The van der Waals surface area contributed by atoms with Gasteiger partial charge in [-0.2, -0.15) is 0 Å². The second-order valence-electron chi connectivity index (χ2n) is 6.00. The van der Waals surface area contributed by atoms with Gasteiger partial charge in [-0.05, 0) is 44.4 Å². The minimum absolute atomic E-state index is 0.192. The molecule has 0 bridgehead atoms. The maximum Gasteiger partial charge on any atom is 0.257 e. The molecule has 1 saturated carbocycles. The van der Waals surface area contributed by atoms with E-state index in [9.17, 15) is 14.3 Å². The van der Waals surface area contributed by atoms with E-state index >= 15 is 0 Å². The van der Waals surface area contributed by atoms with E-state index in [4.69, 9.17) is 0 Å². The van der Waals surface area contributed by atoms with Gasteiger partial charge in [0.2, 0.25) is 0 Å². The molecule has 0 aromatic heterocycles. The first-order chi connectivity index (χ1) is 10.1. The Balaban J connectivity index is 1.75. The molecule has 1 heterocycles. The van der Waals surface area contributed by atoms with Crippen molar-refractivity contribution in [2.75, 3.05) is 13.1 Å². The molecule has 1 aliphatic heterocycles. The molecule has 2 N–H and O–H groups in total. The molecule has 5 heteroatoms. The maximum atomic E-state index is 13.1. The minimum Gasteiger partial charge on any atom is -0.507 e. The van der Waals surface area contributed by atoms with Crippen LogP contribution in [0.5, 0.6) is 5.75 Å². The van der Waals surface area contributed by atoms with Crippen LogP contribution < -0.4 is 5.32 Å². The summed E-state index contributed by atoms with van der Waals surface area (Å²) < 4.78 is 13.1. The second kappa shape index (κ2) is 6.02. The Bertz CT molecular complexity index is 525. The number of hydrogen-bond acceptors (Lipinski definition) is 3. The minimum atomic E-state index is -0.532. The van der Waals surface area contributed by atoms with Crippen LogP contribution >= 0.6 is 0 Å². The quantitative estimate of drug-likeness (QED) is 0.895. The average molecular weight is 292 g/mol. The summed E-state index contributed by atoms with van der Waals surface area (Å²) >= 11 is 0. The number of aromatic hydroxyl groups is 1. The van der Waals surface area contributed by atoms with Gasteiger partial charge in [0.25, 0.3) is 5.91 Å². The Kier molecular flexibility index (Phi) is 4.10. The maximum absolute atomic E-state index is 13.1. The molecule has 1 aromatic rings. The van der Waals surface area contributed by atoms with E-state index in [1.807, 2.05) is 4.90 Å². The van der Waals surface area contributed by atoms with Crippen LogP contribution in [0.3, 0.4) is 0 Å². The normalized spacial score (nSPS) is 22.0. The van der Waals surface area contributed by atoms with Gasteiger partial charge in [0.15, 0.2) is 0 Å². The number of nitrogens with zero attached hydrogens (tertiary/aromatic N) is 1. The van der Waals surface area contributed by atoms with Gasteiger partial charge in [-0.25, -0.2) is 4.39 Å². The molecule has 3 rings (SSSR count). The number of rotatable bonds is 4. The predicted octanol–water partition coefficient (Wildman–Crippen LogP) is 2.28. The van der Waals surface area contributed by atoms with Crippen molar-refractivity contribution in [2.24, 2.45) is 0 Å². The first kappa shape index (κ1) is 14.3. The summed E-state index contributed by atoms with van der Waals surface area (Å²) in [5.41, 5.74) is 0.194. The predicted molar refractivity (Wildman–Crippen MR) is 77.8 cm³/mol. The highest BCUT2D eigenvalue weighted by Crippen LogP contribution is 2.31. The molecule has 0 radical (unpaired) electrons. The Morgan fingerprint density at radius 3 is 2.76 bits per heavy atom. The number of halogens is 1. The van der Waals surface area contributed by atoms with Gasteiger partial charge in [-0.15, -0.1) is 0 Å². The zero-order valence-corrected chi connectivity index (χ0v) is 12.0. The van der Waals surface area contributed by atoms with Gasteiger partial charge in [-0.3, -0.25) is 4.79 Å². The molecule has 21 heavy (non-hydrogen) atoms. The van der Waals surface area contributed by atoms with E-state index in [-0.39, 0.29) is 23.3 Å². The second-order valence-corrected chi connectivity index (χ2v) is 6.00. The van der Waals surface area contributed by atoms with Crippen LogP contribution in [-0.2, 0) is 0 Å². The molecule has 2 fully saturated rings. The van der Waals surface area contributed by atoms with Crippen LogP contribution in [0.2, 0.25) is 0 Å². The SMILES string of the molecule is O=C(c1ccc(F)cc1O)N(CC1CCCCN1)C1CC1. The Hall–Kier alpha value is -1.62. The number of piperidine rings is 1. The van der Waals surface area contributed by atoms with E-state index in [1.165, 1.54) is 25.0 Å². The lowest BCUT2D eigenvalue weighted by atomic mass is 10.0. The monoisotopic (exact) mass is 292 g/mol. The molecule has 0 spiro atoms. The summed E-state index contributed by atoms with van der Waals surface area (Å²) in [5, 5.41) is 13.3. The lowest BCUT2D eigenvalue weighted by molar-refractivity contribution is 0.0715.